The van der Waals surface area contributed by atoms with Crippen LogP contribution < -0.4 is 5.32 Å². The van der Waals surface area contributed by atoms with E-state index in [4.69, 9.17) is 23.2 Å². The lowest BCUT2D eigenvalue weighted by Crippen LogP contribution is -2.32. The Hall–Kier alpha value is -2.05. The van der Waals surface area contributed by atoms with Gasteiger partial charge in [-0.1, -0.05) is 35.8 Å². The lowest BCUT2D eigenvalue weighted by atomic mass is 10.2. The standard InChI is InChI=1S/C11H7Cl2N5O/c1-6-10(19)15-11(18-16-6)17-14-5-7-2-3-8(12)4-9(7)13/h2-5H,1H2,(H,15,17,19)/b14-5+. The third-order valence-corrected chi connectivity index (χ3v) is 2.63. The minimum atomic E-state index is -0.464. The van der Waals surface area contributed by atoms with Crippen LogP contribution in [0.4, 0.5) is 0 Å². The van der Waals surface area contributed by atoms with Crippen LogP contribution in [0, 0.1) is 0 Å². The zero-order chi connectivity index (χ0) is 13.8. The monoisotopic (exact) mass is 295 g/mol. The van der Waals surface area contributed by atoms with Crippen molar-refractivity contribution in [1.29, 1.82) is 0 Å². The molecule has 8 heteroatoms. The van der Waals surface area contributed by atoms with Crippen molar-refractivity contribution >= 4 is 41.3 Å². The molecule has 0 unspecified atom stereocenters. The number of hydrogen-bond donors (Lipinski definition) is 1. The van der Waals surface area contributed by atoms with E-state index in [1.807, 2.05) is 0 Å². The maximum Gasteiger partial charge on any atom is 0.277 e. The van der Waals surface area contributed by atoms with Gasteiger partial charge in [0.25, 0.3) is 11.9 Å². The van der Waals surface area contributed by atoms with Gasteiger partial charge in [0.05, 0.1) is 11.2 Å². The molecule has 0 saturated heterocycles. The fourth-order valence-corrected chi connectivity index (χ4v) is 1.61. The highest BCUT2D eigenvalue weighted by molar-refractivity contribution is 6.36. The Balaban J connectivity index is 2.14. The first-order valence-corrected chi connectivity index (χ1v) is 5.80. The van der Waals surface area contributed by atoms with E-state index < -0.39 is 5.91 Å². The number of guanidine groups is 1. The van der Waals surface area contributed by atoms with Crippen LogP contribution in [-0.4, -0.2) is 18.1 Å². The van der Waals surface area contributed by atoms with Gasteiger partial charge in [-0.3, -0.25) is 10.1 Å². The van der Waals surface area contributed by atoms with Crippen molar-refractivity contribution in [3.8, 4) is 0 Å². The van der Waals surface area contributed by atoms with E-state index in [-0.39, 0.29) is 11.7 Å². The van der Waals surface area contributed by atoms with Gasteiger partial charge in [0.1, 0.15) is 5.70 Å². The first kappa shape index (κ1) is 13.4. The Labute approximate surface area is 118 Å². The molecular weight excluding hydrogens is 289 g/mol. The fourth-order valence-electron chi connectivity index (χ4n) is 1.15. The highest BCUT2D eigenvalue weighted by Crippen LogP contribution is 2.19. The Morgan fingerprint density at radius 3 is 2.79 bits per heavy atom. The van der Waals surface area contributed by atoms with Crippen LogP contribution in [0.15, 0.2) is 50.9 Å². The van der Waals surface area contributed by atoms with Crippen molar-refractivity contribution in [2.75, 3.05) is 0 Å². The summed E-state index contributed by atoms with van der Waals surface area (Å²) in [5, 5.41) is 17.9. The lowest BCUT2D eigenvalue weighted by Gasteiger charge is -2.05. The normalized spacial score (nSPS) is 17.3. The minimum Gasteiger partial charge on any atom is -0.286 e. The first-order chi connectivity index (χ1) is 9.06. The second-order valence-corrected chi connectivity index (χ2v) is 4.28. The van der Waals surface area contributed by atoms with Gasteiger partial charge in [-0.15, -0.1) is 15.3 Å². The van der Waals surface area contributed by atoms with Crippen LogP contribution in [0.2, 0.25) is 10.0 Å². The summed E-state index contributed by atoms with van der Waals surface area (Å²) >= 11 is 11.7. The van der Waals surface area contributed by atoms with Gasteiger partial charge < -0.3 is 0 Å². The lowest BCUT2D eigenvalue weighted by molar-refractivity contribution is -0.116. The van der Waals surface area contributed by atoms with E-state index in [1.165, 1.54) is 6.21 Å². The molecule has 0 spiro atoms. The van der Waals surface area contributed by atoms with Crippen LogP contribution in [0.1, 0.15) is 5.56 Å². The molecule has 19 heavy (non-hydrogen) atoms. The van der Waals surface area contributed by atoms with Crippen molar-refractivity contribution in [3.63, 3.8) is 0 Å². The molecule has 1 aromatic rings. The highest BCUT2D eigenvalue weighted by Gasteiger charge is 2.14. The number of rotatable bonds is 2. The van der Waals surface area contributed by atoms with E-state index >= 15 is 0 Å². The van der Waals surface area contributed by atoms with Crippen molar-refractivity contribution in [3.05, 3.63) is 46.1 Å². The molecule has 1 amide bonds. The summed E-state index contributed by atoms with van der Waals surface area (Å²) in [4.78, 5) is 11.2. The summed E-state index contributed by atoms with van der Waals surface area (Å²) in [5.74, 6) is -0.479. The number of amides is 1. The summed E-state index contributed by atoms with van der Waals surface area (Å²) in [5.41, 5.74) is 0.655. The Morgan fingerprint density at radius 1 is 1.32 bits per heavy atom. The molecule has 1 aliphatic heterocycles. The molecule has 0 bridgehead atoms. The number of benzene rings is 1. The summed E-state index contributed by atoms with van der Waals surface area (Å²) in [7, 11) is 0. The molecule has 0 aliphatic carbocycles. The number of carbonyl (C=O) groups excluding carboxylic acids is 1. The Morgan fingerprint density at radius 2 is 2.11 bits per heavy atom. The van der Waals surface area contributed by atoms with Gasteiger partial charge in [0, 0.05) is 10.6 Å². The predicted molar refractivity (Wildman–Crippen MR) is 73.6 cm³/mol. The van der Waals surface area contributed by atoms with Gasteiger partial charge in [0.15, 0.2) is 0 Å². The van der Waals surface area contributed by atoms with Crippen molar-refractivity contribution < 1.29 is 4.79 Å². The second-order valence-electron chi connectivity index (χ2n) is 3.43. The predicted octanol–water partition coefficient (Wildman–Crippen LogP) is 2.78. The van der Waals surface area contributed by atoms with Gasteiger partial charge in [-0.2, -0.15) is 5.10 Å². The summed E-state index contributed by atoms with van der Waals surface area (Å²) in [6.45, 7) is 3.38. The molecule has 1 heterocycles. The summed E-state index contributed by atoms with van der Waals surface area (Å²) in [6, 6.07) is 4.95. The zero-order valence-electron chi connectivity index (χ0n) is 9.47. The van der Waals surface area contributed by atoms with E-state index in [1.54, 1.807) is 18.2 Å². The van der Waals surface area contributed by atoms with Gasteiger partial charge >= 0.3 is 0 Å². The maximum atomic E-state index is 11.2. The quantitative estimate of drug-likeness (QED) is 0.508. The summed E-state index contributed by atoms with van der Waals surface area (Å²) < 4.78 is 0. The number of halogens is 2. The third-order valence-electron chi connectivity index (χ3n) is 2.06. The van der Waals surface area contributed by atoms with E-state index in [0.717, 1.165) is 0 Å². The van der Waals surface area contributed by atoms with Crippen molar-refractivity contribution in [2.24, 2.45) is 20.4 Å². The van der Waals surface area contributed by atoms with Crippen molar-refractivity contribution in [1.82, 2.24) is 5.32 Å². The molecule has 96 valence electrons. The molecule has 0 saturated carbocycles. The third kappa shape index (κ3) is 3.46. The van der Waals surface area contributed by atoms with Gasteiger partial charge in [-0.25, -0.2) is 0 Å². The smallest absolute Gasteiger partial charge is 0.277 e. The average Bonchev–Trinajstić information content (AvgIpc) is 2.36. The van der Waals surface area contributed by atoms with Crippen LogP contribution in [0.5, 0.6) is 0 Å². The molecule has 0 fully saturated rings. The number of nitrogens with zero attached hydrogens (tertiary/aromatic N) is 4. The second kappa shape index (κ2) is 5.73. The Bertz CT molecular complexity index is 636. The highest BCUT2D eigenvalue weighted by atomic mass is 35.5. The van der Waals surface area contributed by atoms with Crippen LogP contribution in [0.3, 0.4) is 0 Å². The summed E-state index contributed by atoms with van der Waals surface area (Å²) in [6.07, 6.45) is 1.41. The van der Waals surface area contributed by atoms with E-state index in [9.17, 15) is 4.79 Å². The molecule has 0 aromatic heterocycles. The van der Waals surface area contributed by atoms with Crippen molar-refractivity contribution in [2.45, 2.75) is 0 Å². The fraction of sp³-hybridized carbons (Fsp3) is 0. The topological polar surface area (TPSA) is 78.5 Å². The Kier molecular flexibility index (Phi) is 4.03. The van der Waals surface area contributed by atoms with E-state index in [2.05, 4.69) is 32.3 Å². The van der Waals surface area contributed by atoms with Gasteiger partial charge in [0.2, 0.25) is 0 Å². The number of nitrogens with one attached hydrogen (secondary N) is 1. The van der Waals surface area contributed by atoms with Crippen LogP contribution >= 0.6 is 23.2 Å². The van der Waals surface area contributed by atoms with Gasteiger partial charge in [-0.05, 0) is 12.1 Å². The van der Waals surface area contributed by atoms with E-state index in [0.29, 0.717) is 15.6 Å². The molecule has 0 radical (unpaired) electrons. The number of azo groups is 1. The molecular formula is C11H7Cl2N5O. The molecule has 6 nitrogen and oxygen atoms in total. The number of carbonyl (C=O) groups is 1. The average molecular weight is 296 g/mol. The minimum absolute atomic E-state index is 0.0151. The van der Waals surface area contributed by atoms with Crippen LogP contribution in [-0.2, 0) is 4.79 Å². The largest absolute Gasteiger partial charge is 0.286 e. The SMILES string of the molecule is C=C1N=N/C(=N/N=C/c2ccc(Cl)cc2Cl)NC1=O. The molecule has 1 aromatic carbocycles. The van der Waals surface area contributed by atoms with Crippen LogP contribution in [0.25, 0.3) is 0 Å². The zero-order valence-corrected chi connectivity index (χ0v) is 11.0. The molecule has 2 rings (SSSR count). The first-order valence-electron chi connectivity index (χ1n) is 5.04. The molecule has 1 aliphatic rings. The maximum absolute atomic E-state index is 11.2. The number of hydrogen-bond acceptors (Lipinski definition) is 4. The molecule has 1 N–H and O–H groups in total. The molecule has 0 atom stereocenters.